The number of hydroxylamine groups is 2. The van der Waals surface area contributed by atoms with E-state index in [-0.39, 0.29) is 0 Å². The summed E-state index contributed by atoms with van der Waals surface area (Å²) in [6.07, 6.45) is 36.1. The summed E-state index contributed by atoms with van der Waals surface area (Å²) < 4.78 is 17.7. The van der Waals surface area contributed by atoms with E-state index in [4.69, 9.17) is 14.2 Å². The molecule has 6 nitrogen and oxygen atoms in total. The molecule has 3 aromatic rings. The molecule has 339 valence electrons. The maximum Gasteiger partial charge on any atom is 0.343 e. The molecule has 1 saturated heterocycles. The fourth-order valence-corrected chi connectivity index (χ4v) is 9.02. The molecule has 6 heteroatoms. The van der Waals surface area contributed by atoms with Crippen LogP contribution in [0.5, 0.6) is 17.2 Å². The third-order valence-electron chi connectivity index (χ3n) is 13.3. The average Bonchev–Trinajstić information content (AvgIpc) is 3.53. The second-order valence-electron chi connectivity index (χ2n) is 18.5. The number of carbonyl (C=O) groups is 1. The zero-order valence-corrected chi connectivity index (χ0v) is 39.1. The van der Waals surface area contributed by atoms with E-state index in [0.29, 0.717) is 24.3 Å². The smallest absolute Gasteiger partial charge is 0.343 e. The van der Waals surface area contributed by atoms with Gasteiger partial charge in [-0.05, 0) is 99.2 Å². The van der Waals surface area contributed by atoms with Crippen LogP contribution in [0.15, 0.2) is 72.8 Å². The van der Waals surface area contributed by atoms with E-state index in [1.54, 1.807) is 24.3 Å². The lowest BCUT2D eigenvalue weighted by molar-refractivity contribution is -0.260. The lowest BCUT2D eigenvalue weighted by atomic mass is 9.89. The van der Waals surface area contributed by atoms with Gasteiger partial charge in [0.05, 0.1) is 29.9 Å². The monoisotopic (exact) mass is 839 g/mol. The van der Waals surface area contributed by atoms with Crippen molar-refractivity contribution in [1.29, 1.82) is 0 Å². The Morgan fingerprint density at radius 3 is 1.10 bits per heavy atom. The van der Waals surface area contributed by atoms with Crippen LogP contribution in [-0.2, 0) is 16.3 Å². The predicted octanol–water partition coefficient (Wildman–Crippen LogP) is 16.4. The van der Waals surface area contributed by atoms with Gasteiger partial charge in [-0.3, -0.25) is 0 Å². The molecule has 3 aromatic carbocycles. The second kappa shape index (κ2) is 29.1. The van der Waals surface area contributed by atoms with E-state index in [1.165, 1.54) is 159 Å². The normalized spacial score (nSPS) is 17.8. The van der Waals surface area contributed by atoms with Crippen LogP contribution in [-0.4, -0.2) is 24.2 Å². The molecule has 4 rings (SSSR count). The fraction of sp³-hybridized carbons (Fsp3) is 0.655. The second-order valence-corrected chi connectivity index (χ2v) is 18.5. The minimum atomic E-state index is -0.719. The topological polar surface area (TPSA) is 67.9 Å². The molecule has 0 N–H and O–H groups in total. The molecule has 1 radical (unpaired) electrons. The minimum absolute atomic E-state index is 0.427. The molecule has 1 aliphatic rings. The quantitative estimate of drug-likeness (QED) is 0.0340. The summed E-state index contributed by atoms with van der Waals surface area (Å²) >= 11 is 0. The standard InChI is InChI=1S/C55H84NO5/c1-5-7-9-11-13-15-17-19-21-23-25-27-29-45-59-50-37-35-49(36-38-50)55(4)44-43-54(3,56(55)58)48-33-31-47(32-34-48)53(57)61-52-41-39-51(40-42-52)60-46-30-28-26-24-22-20-18-16-14-12-10-8-6-2/h31-42H,5-30,43-46H2,1-4H3/t54-,55-/m0/s1. The Hall–Kier alpha value is -3.35. The van der Waals surface area contributed by atoms with Gasteiger partial charge in [0.1, 0.15) is 17.2 Å². The summed E-state index contributed by atoms with van der Waals surface area (Å²) in [5.74, 6) is 1.69. The van der Waals surface area contributed by atoms with Gasteiger partial charge in [-0.25, -0.2) is 4.79 Å². The lowest BCUT2D eigenvalue weighted by Crippen LogP contribution is -2.44. The Balaban J connectivity index is 1.10. The molecule has 1 heterocycles. The number of benzene rings is 3. The van der Waals surface area contributed by atoms with E-state index in [9.17, 15) is 10.0 Å². The maximum absolute atomic E-state index is 14.1. The number of hydrogen-bond donors (Lipinski definition) is 0. The van der Waals surface area contributed by atoms with Crippen LogP contribution in [0.4, 0.5) is 0 Å². The maximum atomic E-state index is 14.1. The first-order chi connectivity index (χ1) is 29.8. The Bertz CT molecular complexity index is 1570. The number of carbonyl (C=O) groups excluding carboxylic acids is 1. The number of rotatable bonds is 34. The Morgan fingerprint density at radius 1 is 0.443 bits per heavy atom. The van der Waals surface area contributed by atoms with Gasteiger partial charge in [-0.15, -0.1) is 10.3 Å². The number of ether oxygens (including phenoxy) is 3. The molecule has 0 bridgehead atoms. The van der Waals surface area contributed by atoms with Crippen LogP contribution in [0, 0.1) is 0 Å². The van der Waals surface area contributed by atoms with Gasteiger partial charge in [0, 0.05) is 0 Å². The number of nitrogens with zero attached hydrogens (tertiary/aromatic N) is 1. The van der Waals surface area contributed by atoms with Crippen molar-refractivity contribution in [3.05, 3.63) is 89.5 Å². The highest BCUT2D eigenvalue weighted by atomic mass is 16.5. The van der Waals surface area contributed by atoms with Gasteiger partial charge >= 0.3 is 5.97 Å². The van der Waals surface area contributed by atoms with E-state index in [0.717, 1.165) is 48.5 Å². The zero-order valence-electron chi connectivity index (χ0n) is 39.1. The van der Waals surface area contributed by atoms with Gasteiger partial charge in [0.15, 0.2) is 0 Å². The van der Waals surface area contributed by atoms with Gasteiger partial charge in [-0.1, -0.05) is 192 Å². The van der Waals surface area contributed by atoms with Crippen LogP contribution < -0.4 is 14.2 Å². The molecule has 0 spiro atoms. The summed E-state index contributed by atoms with van der Waals surface area (Å²) in [5.41, 5.74) is 0.954. The average molecular weight is 839 g/mol. The molecule has 1 fully saturated rings. The van der Waals surface area contributed by atoms with Crippen molar-refractivity contribution in [2.75, 3.05) is 13.2 Å². The summed E-state index contributed by atoms with van der Waals surface area (Å²) in [4.78, 5) is 13.1. The molecular formula is C55H84NO5. The van der Waals surface area contributed by atoms with Crippen LogP contribution in [0.1, 0.15) is 229 Å². The molecule has 0 saturated carbocycles. The van der Waals surface area contributed by atoms with Crippen LogP contribution in [0.3, 0.4) is 0 Å². The van der Waals surface area contributed by atoms with E-state index < -0.39 is 17.0 Å². The Labute approximate surface area is 372 Å². The first kappa shape index (κ1) is 50.3. The zero-order chi connectivity index (χ0) is 43.4. The van der Waals surface area contributed by atoms with Crippen molar-refractivity contribution < 1.29 is 24.2 Å². The molecule has 0 aliphatic carbocycles. The SMILES string of the molecule is CCCCCCCCCCCCCCCOc1ccc(OC(=O)c2ccc([C@]3(C)CC[C@@](C)(c4ccc(OCCCCCCCCCCCCCCC)cc4)N3[O])cc2)cc1. The number of unbranched alkanes of at least 4 members (excludes halogenated alkanes) is 24. The first-order valence-corrected chi connectivity index (χ1v) is 25.1. The van der Waals surface area contributed by atoms with E-state index in [2.05, 4.69) is 13.8 Å². The molecular weight excluding hydrogens is 755 g/mol. The van der Waals surface area contributed by atoms with Crippen molar-refractivity contribution >= 4 is 5.97 Å². The molecule has 2 atom stereocenters. The summed E-state index contributed by atoms with van der Waals surface area (Å²) in [6, 6.07) is 22.7. The highest BCUT2D eigenvalue weighted by Crippen LogP contribution is 2.51. The van der Waals surface area contributed by atoms with Gasteiger partial charge in [0.25, 0.3) is 0 Å². The summed E-state index contributed by atoms with van der Waals surface area (Å²) in [5, 5.41) is 15.4. The van der Waals surface area contributed by atoms with Gasteiger partial charge in [0.2, 0.25) is 0 Å². The van der Waals surface area contributed by atoms with Gasteiger partial charge in [-0.2, -0.15) is 0 Å². The van der Waals surface area contributed by atoms with Crippen LogP contribution >= 0.6 is 0 Å². The van der Waals surface area contributed by atoms with Crippen molar-refractivity contribution in [2.24, 2.45) is 0 Å². The van der Waals surface area contributed by atoms with Crippen LogP contribution in [0.25, 0.3) is 0 Å². The number of hydrogen-bond acceptors (Lipinski definition) is 5. The number of esters is 1. The lowest BCUT2D eigenvalue weighted by Gasteiger charge is -2.37. The van der Waals surface area contributed by atoms with Crippen molar-refractivity contribution in [1.82, 2.24) is 5.06 Å². The van der Waals surface area contributed by atoms with Gasteiger partial charge < -0.3 is 14.2 Å². The highest BCUT2D eigenvalue weighted by Gasteiger charge is 2.52. The van der Waals surface area contributed by atoms with E-state index in [1.807, 2.05) is 62.4 Å². The highest BCUT2D eigenvalue weighted by molar-refractivity contribution is 5.91. The van der Waals surface area contributed by atoms with Crippen LogP contribution in [0.2, 0.25) is 0 Å². The molecule has 0 aromatic heterocycles. The van der Waals surface area contributed by atoms with Crippen molar-refractivity contribution in [2.45, 2.75) is 219 Å². The largest absolute Gasteiger partial charge is 0.494 e. The first-order valence-electron chi connectivity index (χ1n) is 25.1. The molecule has 1 aliphatic heterocycles. The summed E-state index contributed by atoms with van der Waals surface area (Å²) in [7, 11) is 0. The molecule has 0 unspecified atom stereocenters. The third-order valence-corrected chi connectivity index (χ3v) is 13.3. The van der Waals surface area contributed by atoms with Crippen molar-refractivity contribution in [3.63, 3.8) is 0 Å². The Kier molecular flexibility index (Phi) is 24.0. The predicted molar refractivity (Wildman–Crippen MR) is 253 cm³/mol. The summed E-state index contributed by atoms with van der Waals surface area (Å²) in [6.45, 7) is 10.0. The third kappa shape index (κ3) is 17.7. The molecule has 0 amide bonds. The Morgan fingerprint density at radius 2 is 0.738 bits per heavy atom. The fourth-order valence-electron chi connectivity index (χ4n) is 9.02. The minimum Gasteiger partial charge on any atom is -0.494 e. The van der Waals surface area contributed by atoms with E-state index >= 15 is 0 Å². The molecule has 61 heavy (non-hydrogen) atoms. The van der Waals surface area contributed by atoms with Crippen molar-refractivity contribution in [3.8, 4) is 17.2 Å².